The molecular weight excluding hydrogens is 952 g/mol. The third kappa shape index (κ3) is 9.35. The summed E-state index contributed by atoms with van der Waals surface area (Å²) in [6.07, 6.45) is 0. The first-order valence-electron chi connectivity index (χ1n) is 21.8. The van der Waals surface area contributed by atoms with Gasteiger partial charge in [-0.25, -0.2) is 0 Å². The summed E-state index contributed by atoms with van der Waals surface area (Å²) < 4.78 is 2.26. The van der Waals surface area contributed by atoms with E-state index in [1.807, 2.05) is 6.07 Å². The van der Waals surface area contributed by atoms with E-state index in [0.29, 0.717) is 28.2 Å². The number of benzene rings is 5. The van der Waals surface area contributed by atoms with Crippen molar-refractivity contribution in [3.05, 3.63) is 148 Å². The minimum atomic E-state index is -0.412. The van der Waals surface area contributed by atoms with Crippen molar-refractivity contribution in [3.63, 3.8) is 0 Å². The second kappa shape index (κ2) is 16.7. The molecule has 2 aromatic heterocycles. The van der Waals surface area contributed by atoms with Crippen LogP contribution in [0, 0.1) is 12.6 Å². The van der Waals surface area contributed by atoms with Gasteiger partial charge < -0.3 is 9.67 Å². The largest absolute Gasteiger partial charge is 0.507 e. The van der Waals surface area contributed by atoms with Crippen molar-refractivity contribution in [1.29, 1.82) is 0 Å². The van der Waals surface area contributed by atoms with Crippen LogP contribution in [-0.2, 0) is 48.1 Å². The van der Waals surface area contributed by atoms with E-state index in [-0.39, 0.29) is 48.5 Å². The first-order chi connectivity index (χ1) is 28.8. The standard InChI is InChI=1S/C57H63N4O.Pt/c1-53(2,3)37-26-27-48(40(30-37)35-22-18-17-19-23-35)61-49-25-21-20-24-45(49)60-52(61)36-28-41(50(58-16)43(29-36)56(10,11)12)46-33-39(55(7,8)9)34-47(59-46)42-31-38(54(4,5)6)32-44(51(42)62)57(13,14)15;/h17-27,29-34,62H,1-15H3;/q-1;. The van der Waals surface area contributed by atoms with Crippen LogP contribution in [-0.4, -0.2) is 19.6 Å². The number of nitrogens with zero attached hydrogens (tertiary/aromatic N) is 4. The number of hydrogen-bond acceptors (Lipinski definition) is 3. The molecule has 7 rings (SSSR count). The molecule has 0 saturated carbocycles. The Morgan fingerprint density at radius 3 is 1.70 bits per heavy atom. The van der Waals surface area contributed by atoms with Crippen LogP contribution in [0.5, 0.6) is 5.75 Å². The van der Waals surface area contributed by atoms with Crippen LogP contribution < -0.4 is 0 Å². The molecule has 2 heterocycles. The summed E-state index contributed by atoms with van der Waals surface area (Å²) in [5.41, 5.74) is 12.9. The van der Waals surface area contributed by atoms with Crippen LogP contribution in [0.3, 0.4) is 0 Å². The molecule has 0 fully saturated rings. The molecule has 5 nitrogen and oxygen atoms in total. The Labute approximate surface area is 391 Å². The van der Waals surface area contributed by atoms with Crippen molar-refractivity contribution in [3.8, 4) is 56.5 Å². The molecule has 0 saturated heterocycles. The van der Waals surface area contributed by atoms with Gasteiger partial charge >= 0.3 is 0 Å². The SMILES string of the molecule is [C-]#[N+]c1c(-c2cc(C(C)(C)C)cc(-c3cc(C(C)(C)C)cc(C(C)(C)C)c3O)n2)[c-]c(-c2nc3ccccc3n2-c2ccc(C(C)(C)C)cc2-c2ccccc2)cc1C(C)(C)C.[Pt]. The second-order valence-electron chi connectivity index (χ2n) is 22.1. The van der Waals surface area contributed by atoms with Crippen LogP contribution in [0.2, 0.25) is 0 Å². The van der Waals surface area contributed by atoms with Crippen LogP contribution in [0.25, 0.3) is 66.6 Å². The van der Waals surface area contributed by atoms with Crippen LogP contribution in [0.15, 0.2) is 103 Å². The molecule has 328 valence electrons. The van der Waals surface area contributed by atoms with Gasteiger partial charge in [0.25, 0.3) is 5.69 Å². The van der Waals surface area contributed by atoms with Gasteiger partial charge in [-0.05, 0) is 96.9 Å². The maximum absolute atomic E-state index is 12.1. The molecule has 0 aliphatic rings. The molecule has 1 N–H and O–H groups in total. The molecule has 0 unspecified atom stereocenters. The van der Waals surface area contributed by atoms with Gasteiger partial charge in [-0.1, -0.05) is 170 Å². The number of imidazole rings is 1. The van der Waals surface area contributed by atoms with Crippen molar-refractivity contribution < 1.29 is 26.2 Å². The zero-order valence-corrected chi connectivity index (χ0v) is 42.1. The van der Waals surface area contributed by atoms with Gasteiger partial charge in [0, 0.05) is 49.1 Å². The van der Waals surface area contributed by atoms with Crippen molar-refractivity contribution in [2.24, 2.45) is 0 Å². The molecule has 0 radical (unpaired) electrons. The Morgan fingerprint density at radius 1 is 0.556 bits per heavy atom. The number of para-hydroxylation sites is 2. The van der Waals surface area contributed by atoms with Crippen molar-refractivity contribution >= 4 is 16.7 Å². The summed E-state index contributed by atoms with van der Waals surface area (Å²) in [6.45, 7) is 41.5. The molecule has 0 amide bonds. The molecule has 5 aromatic carbocycles. The third-order valence-corrected chi connectivity index (χ3v) is 12.0. The second-order valence-corrected chi connectivity index (χ2v) is 22.1. The Kier molecular flexibility index (Phi) is 12.5. The van der Waals surface area contributed by atoms with Gasteiger partial charge in [0.1, 0.15) is 12.3 Å². The van der Waals surface area contributed by atoms with E-state index in [9.17, 15) is 5.11 Å². The molecule has 0 atom stereocenters. The molecule has 6 heteroatoms. The molecule has 63 heavy (non-hydrogen) atoms. The van der Waals surface area contributed by atoms with Crippen molar-refractivity contribution in [1.82, 2.24) is 14.5 Å². The summed E-state index contributed by atoms with van der Waals surface area (Å²) in [4.78, 5) is 15.1. The van der Waals surface area contributed by atoms with Gasteiger partial charge in [-0.3, -0.25) is 9.97 Å². The van der Waals surface area contributed by atoms with Gasteiger partial charge in [0.15, 0.2) is 0 Å². The number of aromatic nitrogens is 3. The van der Waals surface area contributed by atoms with E-state index in [4.69, 9.17) is 16.5 Å². The van der Waals surface area contributed by atoms with Crippen molar-refractivity contribution in [2.75, 3.05) is 0 Å². The number of aromatic hydroxyl groups is 1. The van der Waals surface area contributed by atoms with E-state index in [2.05, 4.69) is 216 Å². The Hall–Kier alpha value is -5.30. The molecular formula is C57H63N4OPt-. The summed E-state index contributed by atoms with van der Waals surface area (Å²) in [5.74, 6) is 0.960. The number of rotatable bonds is 5. The predicted molar refractivity (Wildman–Crippen MR) is 261 cm³/mol. The minimum absolute atomic E-state index is 0. The van der Waals surface area contributed by atoms with E-state index in [1.54, 1.807) is 0 Å². The first-order valence-corrected chi connectivity index (χ1v) is 21.8. The van der Waals surface area contributed by atoms with Gasteiger partial charge in [-0.2, -0.15) is 4.85 Å². The molecule has 0 spiro atoms. The number of phenolic OH excluding ortho intramolecular Hbond substituents is 1. The van der Waals surface area contributed by atoms with Crippen LogP contribution >= 0.6 is 0 Å². The smallest absolute Gasteiger partial charge is 0.256 e. The monoisotopic (exact) mass is 1010 g/mol. The maximum atomic E-state index is 12.1. The molecule has 7 aromatic rings. The van der Waals surface area contributed by atoms with Gasteiger partial charge in [-0.15, -0.1) is 12.1 Å². The topological polar surface area (TPSA) is 55.3 Å². The summed E-state index contributed by atoms with van der Waals surface area (Å²) in [7, 11) is 0. The fourth-order valence-corrected chi connectivity index (χ4v) is 8.13. The predicted octanol–water partition coefficient (Wildman–Crippen LogP) is 15.6. The Bertz CT molecular complexity index is 2880. The number of fused-ring (bicyclic) bond motifs is 1. The quantitative estimate of drug-likeness (QED) is 0.175. The van der Waals surface area contributed by atoms with E-state index < -0.39 is 5.41 Å². The molecule has 0 aliphatic heterocycles. The van der Waals surface area contributed by atoms with E-state index in [0.717, 1.165) is 61.5 Å². The van der Waals surface area contributed by atoms with E-state index >= 15 is 0 Å². The normalized spacial score (nSPS) is 12.6. The number of pyridine rings is 1. The van der Waals surface area contributed by atoms with Crippen LogP contribution in [0.1, 0.15) is 132 Å². The number of hydrogen-bond donors (Lipinski definition) is 1. The zero-order chi connectivity index (χ0) is 45.3. The molecule has 0 bridgehead atoms. The van der Waals surface area contributed by atoms with Gasteiger partial charge in [0.05, 0.1) is 22.6 Å². The fraction of sp³-hybridized carbons (Fsp3) is 0.351. The van der Waals surface area contributed by atoms with E-state index in [1.165, 1.54) is 5.56 Å². The maximum Gasteiger partial charge on any atom is 0.256 e. The Morgan fingerprint density at radius 2 is 1.11 bits per heavy atom. The van der Waals surface area contributed by atoms with Crippen LogP contribution in [0.4, 0.5) is 5.69 Å². The fourth-order valence-electron chi connectivity index (χ4n) is 8.13. The summed E-state index contributed by atoms with van der Waals surface area (Å²) in [5, 5.41) is 12.1. The summed E-state index contributed by atoms with van der Waals surface area (Å²) >= 11 is 0. The summed E-state index contributed by atoms with van der Waals surface area (Å²) in [6, 6.07) is 40.0. The zero-order valence-electron chi connectivity index (χ0n) is 39.9. The van der Waals surface area contributed by atoms with Crippen molar-refractivity contribution in [2.45, 2.75) is 131 Å². The first kappa shape index (κ1) is 47.2. The van der Waals surface area contributed by atoms with Gasteiger partial charge in [0.2, 0.25) is 0 Å². The third-order valence-electron chi connectivity index (χ3n) is 12.0. The molecule has 0 aliphatic carbocycles. The Balaban J connectivity index is 0.00000661. The average Bonchev–Trinajstić information content (AvgIpc) is 3.58. The average molecular weight is 1020 g/mol. The minimum Gasteiger partial charge on any atom is -0.507 e. The number of phenols is 1.